The standard InChI is InChI=1S/C9H15N3O2/c1-8(2)14-7-12-5-4-11(3)9(12)6-10-13/h4-6,8H,7H2,1-3H3/b9-6-. The van der Waals surface area contributed by atoms with Gasteiger partial charge < -0.3 is 14.5 Å². The summed E-state index contributed by atoms with van der Waals surface area (Å²) in [7, 11) is 1.85. The van der Waals surface area contributed by atoms with Crippen LogP contribution < -0.4 is 0 Å². The molecule has 0 saturated carbocycles. The fraction of sp³-hybridized carbons (Fsp3) is 0.556. The first kappa shape index (κ1) is 10.7. The van der Waals surface area contributed by atoms with Crippen molar-refractivity contribution in [2.45, 2.75) is 20.0 Å². The number of hydrogen-bond acceptors (Lipinski definition) is 5. The van der Waals surface area contributed by atoms with Gasteiger partial charge in [-0.05, 0) is 19.0 Å². The third-order valence-corrected chi connectivity index (χ3v) is 1.84. The van der Waals surface area contributed by atoms with Crippen molar-refractivity contribution in [3.05, 3.63) is 29.3 Å². The molecule has 0 aromatic heterocycles. The molecule has 1 aliphatic heterocycles. The molecular formula is C9H15N3O2. The average molecular weight is 197 g/mol. The van der Waals surface area contributed by atoms with E-state index >= 15 is 0 Å². The van der Waals surface area contributed by atoms with E-state index in [1.807, 2.05) is 43.1 Å². The summed E-state index contributed by atoms with van der Waals surface area (Å²) < 4.78 is 5.41. The fourth-order valence-corrected chi connectivity index (χ4v) is 1.09. The summed E-state index contributed by atoms with van der Waals surface area (Å²) in [5.41, 5.74) is 0. The van der Waals surface area contributed by atoms with Crippen molar-refractivity contribution in [1.82, 2.24) is 9.80 Å². The monoisotopic (exact) mass is 197 g/mol. The van der Waals surface area contributed by atoms with Gasteiger partial charge in [0.25, 0.3) is 0 Å². The maximum Gasteiger partial charge on any atom is 0.136 e. The number of hydrogen-bond donors (Lipinski definition) is 0. The number of ether oxygens (including phenoxy) is 1. The molecule has 0 aromatic rings. The quantitative estimate of drug-likeness (QED) is 0.643. The first-order chi connectivity index (χ1) is 6.65. The second kappa shape index (κ2) is 4.76. The van der Waals surface area contributed by atoms with Crippen molar-refractivity contribution in [2.75, 3.05) is 13.8 Å². The summed E-state index contributed by atoms with van der Waals surface area (Å²) in [6, 6.07) is 0. The van der Waals surface area contributed by atoms with E-state index in [1.165, 1.54) is 6.20 Å². The van der Waals surface area contributed by atoms with Gasteiger partial charge in [-0.3, -0.25) is 0 Å². The fourth-order valence-electron chi connectivity index (χ4n) is 1.09. The lowest BCUT2D eigenvalue weighted by Gasteiger charge is -2.21. The molecule has 0 unspecified atom stereocenters. The van der Waals surface area contributed by atoms with Crippen molar-refractivity contribution < 1.29 is 4.74 Å². The summed E-state index contributed by atoms with van der Waals surface area (Å²) in [5.74, 6) is 0.723. The Morgan fingerprint density at radius 3 is 2.86 bits per heavy atom. The smallest absolute Gasteiger partial charge is 0.136 e. The first-order valence-corrected chi connectivity index (χ1v) is 4.47. The maximum atomic E-state index is 10.1. The van der Waals surface area contributed by atoms with Crippen LogP contribution in [0.4, 0.5) is 0 Å². The molecule has 0 saturated heterocycles. The van der Waals surface area contributed by atoms with Crippen LogP contribution in [0.25, 0.3) is 0 Å². The van der Waals surface area contributed by atoms with Gasteiger partial charge in [-0.2, -0.15) is 0 Å². The Labute approximate surface area is 83.6 Å². The van der Waals surface area contributed by atoms with Gasteiger partial charge in [0.2, 0.25) is 0 Å². The van der Waals surface area contributed by atoms with Crippen LogP contribution in [0.5, 0.6) is 0 Å². The largest absolute Gasteiger partial charge is 0.358 e. The van der Waals surface area contributed by atoms with Crippen LogP contribution in [0, 0.1) is 4.91 Å². The molecule has 1 heterocycles. The van der Waals surface area contributed by atoms with E-state index in [-0.39, 0.29) is 6.10 Å². The maximum absolute atomic E-state index is 10.1. The van der Waals surface area contributed by atoms with E-state index in [0.717, 1.165) is 5.82 Å². The Balaban J connectivity index is 2.56. The second-order valence-corrected chi connectivity index (χ2v) is 3.32. The third-order valence-electron chi connectivity index (χ3n) is 1.84. The Morgan fingerprint density at radius 2 is 2.29 bits per heavy atom. The van der Waals surface area contributed by atoms with Crippen LogP contribution in [0.15, 0.2) is 29.6 Å². The molecule has 0 amide bonds. The molecule has 5 nitrogen and oxygen atoms in total. The van der Waals surface area contributed by atoms with Gasteiger partial charge >= 0.3 is 0 Å². The van der Waals surface area contributed by atoms with Crippen LogP contribution in [-0.4, -0.2) is 29.7 Å². The Kier molecular flexibility index (Phi) is 3.64. The molecule has 5 heteroatoms. The highest BCUT2D eigenvalue weighted by Crippen LogP contribution is 2.17. The lowest BCUT2D eigenvalue weighted by Crippen LogP contribution is -2.24. The van der Waals surface area contributed by atoms with E-state index in [9.17, 15) is 4.91 Å². The summed E-state index contributed by atoms with van der Waals surface area (Å²) in [6.07, 6.45) is 5.13. The minimum Gasteiger partial charge on any atom is -0.358 e. The van der Waals surface area contributed by atoms with Gasteiger partial charge in [0.1, 0.15) is 18.8 Å². The van der Waals surface area contributed by atoms with Crippen LogP contribution in [0.2, 0.25) is 0 Å². The third kappa shape index (κ3) is 2.56. The van der Waals surface area contributed by atoms with Gasteiger partial charge in [-0.1, -0.05) is 0 Å². The van der Waals surface area contributed by atoms with E-state index in [2.05, 4.69) is 5.18 Å². The van der Waals surface area contributed by atoms with Crippen LogP contribution >= 0.6 is 0 Å². The zero-order valence-electron chi connectivity index (χ0n) is 8.67. The Morgan fingerprint density at radius 1 is 1.57 bits per heavy atom. The van der Waals surface area contributed by atoms with Gasteiger partial charge in [-0.15, -0.1) is 4.91 Å². The van der Waals surface area contributed by atoms with Gasteiger partial charge in [0.15, 0.2) is 0 Å². The molecule has 78 valence electrons. The molecule has 1 aliphatic rings. The molecule has 0 spiro atoms. The number of nitrogens with zero attached hydrogens (tertiary/aromatic N) is 3. The number of nitroso groups, excluding NO2 is 1. The zero-order valence-corrected chi connectivity index (χ0v) is 8.67. The SMILES string of the molecule is CC(C)OCN1C=CN(C)/C1=C/N=O. The highest BCUT2D eigenvalue weighted by molar-refractivity contribution is 5.12. The minimum absolute atomic E-state index is 0.166. The Hall–Kier alpha value is -1.36. The van der Waals surface area contributed by atoms with Crippen LogP contribution in [0.1, 0.15) is 13.8 Å². The molecule has 0 radical (unpaired) electrons. The van der Waals surface area contributed by atoms with E-state index in [0.29, 0.717) is 6.73 Å². The minimum atomic E-state index is 0.166. The highest BCUT2D eigenvalue weighted by atomic mass is 16.5. The van der Waals surface area contributed by atoms with Gasteiger partial charge in [0, 0.05) is 19.4 Å². The van der Waals surface area contributed by atoms with Crippen molar-refractivity contribution >= 4 is 0 Å². The number of rotatable bonds is 4. The predicted molar refractivity (Wildman–Crippen MR) is 53.7 cm³/mol. The van der Waals surface area contributed by atoms with E-state index < -0.39 is 0 Å². The van der Waals surface area contributed by atoms with E-state index in [1.54, 1.807) is 0 Å². The zero-order chi connectivity index (χ0) is 10.6. The van der Waals surface area contributed by atoms with Crippen molar-refractivity contribution in [2.24, 2.45) is 5.18 Å². The molecule has 0 fully saturated rings. The second-order valence-electron chi connectivity index (χ2n) is 3.32. The predicted octanol–water partition coefficient (Wildman–Crippen LogP) is 1.65. The topological polar surface area (TPSA) is 45.1 Å². The molecular weight excluding hydrogens is 182 g/mol. The first-order valence-electron chi connectivity index (χ1n) is 4.47. The lowest BCUT2D eigenvalue weighted by molar-refractivity contribution is 0.0231. The van der Waals surface area contributed by atoms with Crippen LogP contribution in [0.3, 0.4) is 0 Å². The summed E-state index contributed by atoms with van der Waals surface area (Å²) in [5, 5.41) is 2.75. The normalized spacial score (nSPS) is 18.7. The van der Waals surface area contributed by atoms with Crippen molar-refractivity contribution in [3.8, 4) is 0 Å². The Bertz CT molecular complexity index is 261. The molecule has 0 bridgehead atoms. The molecule has 0 N–H and O–H groups in total. The molecule has 14 heavy (non-hydrogen) atoms. The molecule has 0 atom stereocenters. The molecule has 0 aromatic carbocycles. The highest BCUT2D eigenvalue weighted by Gasteiger charge is 2.16. The van der Waals surface area contributed by atoms with Crippen LogP contribution in [-0.2, 0) is 4.74 Å². The summed E-state index contributed by atoms with van der Waals surface area (Å²) >= 11 is 0. The molecule has 1 rings (SSSR count). The van der Waals surface area contributed by atoms with Crippen molar-refractivity contribution in [3.63, 3.8) is 0 Å². The summed E-state index contributed by atoms with van der Waals surface area (Å²) in [4.78, 5) is 13.8. The van der Waals surface area contributed by atoms with E-state index in [4.69, 9.17) is 4.74 Å². The lowest BCUT2D eigenvalue weighted by atomic mass is 10.5. The van der Waals surface area contributed by atoms with Gasteiger partial charge in [-0.25, -0.2) is 0 Å². The summed E-state index contributed by atoms with van der Waals surface area (Å²) in [6.45, 7) is 4.36. The average Bonchev–Trinajstić information content (AvgIpc) is 2.46. The molecule has 0 aliphatic carbocycles. The van der Waals surface area contributed by atoms with Gasteiger partial charge in [0.05, 0.1) is 6.10 Å². The van der Waals surface area contributed by atoms with Crippen molar-refractivity contribution in [1.29, 1.82) is 0 Å².